The summed E-state index contributed by atoms with van der Waals surface area (Å²) in [6, 6.07) is 7.48. The second-order valence-electron chi connectivity index (χ2n) is 10.6. The number of carbonyl (C=O) groups is 2. The summed E-state index contributed by atoms with van der Waals surface area (Å²) in [6.07, 6.45) is 1.60. The fourth-order valence-electron chi connectivity index (χ4n) is 5.28. The molecule has 1 aliphatic carbocycles. The second kappa shape index (κ2) is 9.50. The Labute approximate surface area is 191 Å². The summed E-state index contributed by atoms with van der Waals surface area (Å²) in [5.74, 6) is 0.144. The van der Waals surface area contributed by atoms with E-state index in [-0.39, 0.29) is 35.0 Å². The number of nitrogens with zero attached hydrogens (tertiary/aromatic N) is 1. The van der Waals surface area contributed by atoms with E-state index >= 15 is 0 Å². The zero-order valence-electron chi connectivity index (χ0n) is 19.4. The van der Waals surface area contributed by atoms with E-state index in [1.807, 2.05) is 37.8 Å². The summed E-state index contributed by atoms with van der Waals surface area (Å²) >= 11 is 6.05. The average Bonchev–Trinajstić information content (AvgIpc) is 3.04. The van der Waals surface area contributed by atoms with Crippen LogP contribution in [0.15, 0.2) is 24.3 Å². The van der Waals surface area contributed by atoms with Crippen molar-refractivity contribution in [2.75, 3.05) is 13.1 Å². The first kappa shape index (κ1) is 24.1. The maximum atomic E-state index is 13.4. The Morgan fingerprint density at radius 3 is 2.35 bits per heavy atom. The van der Waals surface area contributed by atoms with Gasteiger partial charge < -0.3 is 15.3 Å². The highest BCUT2D eigenvalue weighted by Gasteiger charge is 2.41. The molecule has 172 valence electrons. The van der Waals surface area contributed by atoms with E-state index in [0.717, 1.165) is 11.4 Å². The number of aliphatic hydroxyl groups is 1. The monoisotopic (exact) mass is 448 g/mol. The Morgan fingerprint density at radius 1 is 1.19 bits per heavy atom. The van der Waals surface area contributed by atoms with Crippen molar-refractivity contribution in [3.05, 3.63) is 34.9 Å². The van der Waals surface area contributed by atoms with Gasteiger partial charge in [-0.2, -0.15) is 0 Å². The number of hydrogen-bond donors (Lipinski definition) is 2. The zero-order chi connectivity index (χ0) is 22.9. The van der Waals surface area contributed by atoms with E-state index in [2.05, 4.69) is 31.3 Å². The molecule has 0 aromatic heterocycles. The first-order valence-electron chi connectivity index (χ1n) is 11.5. The Morgan fingerprint density at radius 2 is 1.84 bits per heavy atom. The summed E-state index contributed by atoms with van der Waals surface area (Å²) in [6.45, 7) is 11.6. The lowest BCUT2D eigenvalue weighted by Gasteiger charge is -2.46. The average molecular weight is 449 g/mol. The van der Waals surface area contributed by atoms with Crippen molar-refractivity contribution in [3.63, 3.8) is 0 Å². The molecule has 1 saturated heterocycles. The standard InChI is InChI=1S/C25H37ClN2O3/c1-15(2)22(27-23(30)18-12-16(3)21(29)13-18)24(31)28-11-10-20(25(4,5)14-28)17-6-8-19(26)9-7-17/h6-9,15-16,18,20-22,29H,10-14H2,1-5H3,(H,27,30)/t16-,18-,20?,21-,22-/m1/s1. The number of nitrogens with one attached hydrogen (secondary N) is 1. The van der Waals surface area contributed by atoms with Gasteiger partial charge in [-0.3, -0.25) is 9.59 Å². The van der Waals surface area contributed by atoms with Gasteiger partial charge in [-0.05, 0) is 60.1 Å². The lowest BCUT2D eigenvalue weighted by molar-refractivity contribution is -0.141. The molecule has 1 heterocycles. The van der Waals surface area contributed by atoms with Crippen molar-refractivity contribution in [2.24, 2.45) is 23.2 Å². The number of hydrogen-bond acceptors (Lipinski definition) is 3. The molecule has 2 N–H and O–H groups in total. The minimum atomic E-state index is -0.538. The quantitative estimate of drug-likeness (QED) is 0.708. The zero-order valence-corrected chi connectivity index (χ0v) is 20.2. The molecule has 3 rings (SSSR count). The van der Waals surface area contributed by atoms with Gasteiger partial charge in [-0.25, -0.2) is 0 Å². The van der Waals surface area contributed by atoms with Gasteiger partial charge in [-0.1, -0.05) is 58.4 Å². The maximum Gasteiger partial charge on any atom is 0.245 e. The largest absolute Gasteiger partial charge is 0.393 e. The molecule has 2 fully saturated rings. The number of carbonyl (C=O) groups excluding carboxylic acids is 2. The molecular weight excluding hydrogens is 412 g/mol. The first-order chi connectivity index (χ1) is 14.5. The molecule has 5 atom stereocenters. The fraction of sp³-hybridized carbons (Fsp3) is 0.680. The van der Waals surface area contributed by atoms with Crippen LogP contribution < -0.4 is 5.32 Å². The molecule has 2 amide bonds. The van der Waals surface area contributed by atoms with E-state index in [0.29, 0.717) is 31.8 Å². The topological polar surface area (TPSA) is 69.6 Å². The fourth-order valence-corrected chi connectivity index (χ4v) is 5.41. The SMILES string of the molecule is CC(C)[C@@H](NC(=O)[C@@H]1C[C@@H](C)[C@H](O)C1)C(=O)N1CCC(c2ccc(Cl)cc2)C(C)(C)C1. The van der Waals surface area contributed by atoms with Gasteiger partial charge in [0.2, 0.25) is 11.8 Å². The Bertz CT molecular complexity index is 782. The predicted octanol–water partition coefficient (Wildman–Crippen LogP) is 4.23. The Balaban J connectivity index is 1.67. The van der Waals surface area contributed by atoms with Crippen LogP contribution in [0.25, 0.3) is 0 Å². The number of benzene rings is 1. The summed E-state index contributed by atoms with van der Waals surface area (Å²) in [7, 11) is 0. The van der Waals surface area contributed by atoms with Gasteiger partial charge in [0.1, 0.15) is 6.04 Å². The van der Waals surface area contributed by atoms with E-state index in [1.54, 1.807) is 0 Å². The highest BCUT2D eigenvalue weighted by atomic mass is 35.5. The summed E-state index contributed by atoms with van der Waals surface area (Å²) in [4.78, 5) is 28.2. The van der Waals surface area contributed by atoms with Gasteiger partial charge in [0.05, 0.1) is 6.10 Å². The van der Waals surface area contributed by atoms with Crippen LogP contribution in [0.3, 0.4) is 0 Å². The van der Waals surface area contributed by atoms with E-state index in [4.69, 9.17) is 11.6 Å². The number of piperidine rings is 1. The van der Waals surface area contributed by atoms with Crippen molar-refractivity contribution in [1.82, 2.24) is 10.2 Å². The third-order valence-electron chi connectivity index (χ3n) is 7.25. The lowest BCUT2D eigenvalue weighted by Crippen LogP contribution is -2.56. The Kier molecular flexibility index (Phi) is 7.37. The molecular formula is C25H37ClN2O3. The van der Waals surface area contributed by atoms with Crippen molar-refractivity contribution in [3.8, 4) is 0 Å². The van der Waals surface area contributed by atoms with Gasteiger partial charge >= 0.3 is 0 Å². The van der Waals surface area contributed by atoms with Crippen LogP contribution in [0.2, 0.25) is 5.02 Å². The number of amides is 2. The number of rotatable bonds is 5. The molecule has 1 unspecified atom stereocenters. The van der Waals surface area contributed by atoms with Crippen LogP contribution in [-0.4, -0.2) is 47.1 Å². The summed E-state index contributed by atoms with van der Waals surface area (Å²) in [5, 5.41) is 13.7. The molecule has 1 aliphatic heterocycles. The van der Waals surface area contributed by atoms with Crippen LogP contribution in [0.5, 0.6) is 0 Å². The minimum absolute atomic E-state index is 0.00225. The molecule has 2 aliphatic rings. The van der Waals surface area contributed by atoms with Crippen molar-refractivity contribution < 1.29 is 14.7 Å². The van der Waals surface area contributed by atoms with Crippen LogP contribution in [-0.2, 0) is 9.59 Å². The molecule has 0 radical (unpaired) electrons. The summed E-state index contributed by atoms with van der Waals surface area (Å²) in [5.41, 5.74) is 1.17. The normalized spacial score (nSPS) is 29.1. The van der Waals surface area contributed by atoms with Crippen molar-refractivity contribution in [2.45, 2.75) is 71.9 Å². The third kappa shape index (κ3) is 5.43. The molecule has 31 heavy (non-hydrogen) atoms. The van der Waals surface area contributed by atoms with Crippen LogP contribution in [0.4, 0.5) is 0 Å². The van der Waals surface area contributed by atoms with Crippen LogP contribution in [0, 0.1) is 23.2 Å². The van der Waals surface area contributed by atoms with Crippen molar-refractivity contribution in [1.29, 1.82) is 0 Å². The van der Waals surface area contributed by atoms with E-state index in [9.17, 15) is 14.7 Å². The van der Waals surface area contributed by atoms with Crippen molar-refractivity contribution >= 4 is 23.4 Å². The molecule has 1 aromatic rings. The van der Waals surface area contributed by atoms with E-state index in [1.165, 1.54) is 5.56 Å². The summed E-state index contributed by atoms with van der Waals surface area (Å²) < 4.78 is 0. The molecule has 1 saturated carbocycles. The van der Waals surface area contributed by atoms with Gasteiger partial charge in [0.25, 0.3) is 0 Å². The minimum Gasteiger partial charge on any atom is -0.393 e. The van der Waals surface area contributed by atoms with Gasteiger partial charge in [-0.15, -0.1) is 0 Å². The number of aliphatic hydroxyl groups excluding tert-OH is 1. The first-order valence-corrected chi connectivity index (χ1v) is 11.9. The number of likely N-dealkylation sites (tertiary alicyclic amines) is 1. The van der Waals surface area contributed by atoms with Crippen LogP contribution in [0.1, 0.15) is 65.4 Å². The molecule has 0 bridgehead atoms. The van der Waals surface area contributed by atoms with E-state index < -0.39 is 12.1 Å². The third-order valence-corrected chi connectivity index (χ3v) is 7.51. The molecule has 5 nitrogen and oxygen atoms in total. The molecule has 1 aromatic carbocycles. The lowest BCUT2D eigenvalue weighted by atomic mass is 9.70. The maximum absolute atomic E-state index is 13.4. The molecule has 6 heteroatoms. The molecule has 0 spiro atoms. The highest BCUT2D eigenvalue weighted by Crippen LogP contribution is 2.42. The van der Waals surface area contributed by atoms with Crippen LogP contribution >= 0.6 is 11.6 Å². The number of halogens is 1. The van der Waals surface area contributed by atoms with Gasteiger partial charge in [0.15, 0.2) is 0 Å². The van der Waals surface area contributed by atoms with Gasteiger partial charge in [0, 0.05) is 24.0 Å². The second-order valence-corrected chi connectivity index (χ2v) is 11.0. The predicted molar refractivity (Wildman–Crippen MR) is 124 cm³/mol. The highest BCUT2D eigenvalue weighted by molar-refractivity contribution is 6.30. The smallest absolute Gasteiger partial charge is 0.245 e. The Hall–Kier alpha value is -1.59.